The molecule has 0 saturated carbocycles. The van der Waals surface area contributed by atoms with E-state index in [0.717, 1.165) is 52.4 Å². The standard InChI is InChI=1S/C24H31N7/c1-13(2)21-22(18-11-31-24(25-12-26-31)17(6)16(18)5)28-19-7-8-20(29-23(19)21)30-9-14(3)27-15(4)10-30/h7-8,11-15,27-28H,9-10H2,1-6H3/t14-,15?/m0/s1. The summed E-state index contributed by atoms with van der Waals surface area (Å²) in [6, 6.07) is 5.23. The predicted molar refractivity (Wildman–Crippen MR) is 126 cm³/mol. The Kier molecular flexibility index (Phi) is 4.73. The van der Waals surface area contributed by atoms with Gasteiger partial charge in [-0.1, -0.05) is 13.8 Å². The molecule has 1 aliphatic heterocycles. The summed E-state index contributed by atoms with van der Waals surface area (Å²) >= 11 is 0. The van der Waals surface area contributed by atoms with E-state index in [1.807, 2.05) is 4.52 Å². The molecule has 0 bridgehead atoms. The summed E-state index contributed by atoms with van der Waals surface area (Å²) in [7, 11) is 0. The molecule has 0 aliphatic carbocycles. The van der Waals surface area contributed by atoms with Crippen LogP contribution in [0.15, 0.2) is 24.7 Å². The molecular formula is C24H31N7. The highest BCUT2D eigenvalue weighted by Crippen LogP contribution is 2.38. The molecular weight excluding hydrogens is 386 g/mol. The van der Waals surface area contributed by atoms with Crippen molar-refractivity contribution in [3.63, 3.8) is 0 Å². The van der Waals surface area contributed by atoms with Gasteiger partial charge in [0.2, 0.25) is 0 Å². The first-order chi connectivity index (χ1) is 14.8. The van der Waals surface area contributed by atoms with Crippen LogP contribution in [-0.2, 0) is 0 Å². The molecule has 2 N–H and O–H groups in total. The number of hydrogen-bond donors (Lipinski definition) is 2. The molecule has 4 aromatic heterocycles. The quantitative estimate of drug-likeness (QED) is 0.523. The number of nitrogens with one attached hydrogen (secondary N) is 2. The highest BCUT2D eigenvalue weighted by molar-refractivity contribution is 5.90. The van der Waals surface area contributed by atoms with E-state index < -0.39 is 0 Å². The zero-order valence-electron chi connectivity index (χ0n) is 19.2. The van der Waals surface area contributed by atoms with Crippen LogP contribution in [0, 0.1) is 13.8 Å². The van der Waals surface area contributed by atoms with Gasteiger partial charge in [-0.25, -0.2) is 14.5 Å². The number of aryl methyl sites for hydroxylation is 1. The molecule has 0 radical (unpaired) electrons. The van der Waals surface area contributed by atoms with Crippen molar-refractivity contribution < 1.29 is 0 Å². The summed E-state index contributed by atoms with van der Waals surface area (Å²) in [5.74, 6) is 1.39. The van der Waals surface area contributed by atoms with Crippen LogP contribution < -0.4 is 10.2 Å². The number of nitrogens with zero attached hydrogens (tertiary/aromatic N) is 5. The van der Waals surface area contributed by atoms with E-state index in [0.29, 0.717) is 18.0 Å². The predicted octanol–water partition coefficient (Wildman–Crippen LogP) is 4.20. The molecule has 4 aromatic rings. The number of aromatic nitrogens is 5. The van der Waals surface area contributed by atoms with Gasteiger partial charge in [0.15, 0.2) is 5.65 Å². The zero-order chi connectivity index (χ0) is 21.9. The van der Waals surface area contributed by atoms with E-state index in [9.17, 15) is 0 Å². The van der Waals surface area contributed by atoms with Gasteiger partial charge in [-0.3, -0.25) is 0 Å². The van der Waals surface area contributed by atoms with Crippen molar-refractivity contribution in [2.24, 2.45) is 0 Å². The van der Waals surface area contributed by atoms with Crippen molar-refractivity contribution in [3.8, 4) is 11.3 Å². The maximum absolute atomic E-state index is 5.17. The molecule has 0 spiro atoms. The first kappa shape index (κ1) is 20.0. The van der Waals surface area contributed by atoms with E-state index >= 15 is 0 Å². The summed E-state index contributed by atoms with van der Waals surface area (Å²) in [5, 5.41) is 7.99. The lowest BCUT2D eigenvalue weighted by molar-refractivity contribution is 0.405. The van der Waals surface area contributed by atoms with Crippen LogP contribution in [0.3, 0.4) is 0 Å². The molecule has 7 nitrogen and oxygen atoms in total. The van der Waals surface area contributed by atoms with E-state index in [4.69, 9.17) is 4.98 Å². The number of H-pyrrole nitrogens is 1. The molecule has 1 unspecified atom stereocenters. The zero-order valence-corrected chi connectivity index (χ0v) is 19.2. The Hall–Kier alpha value is -2.93. The average molecular weight is 418 g/mol. The number of piperazine rings is 1. The van der Waals surface area contributed by atoms with E-state index in [-0.39, 0.29) is 0 Å². The Morgan fingerprint density at radius 3 is 2.52 bits per heavy atom. The lowest BCUT2D eigenvalue weighted by Gasteiger charge is -2.37. The lowest BCUT2D eigenvalue weighted by atomic mass is 9.95. The number of anilines is 1. The third-order valence-corrected chi connectivity index (χ3v) is 6.52. The van der Waals surface area contributed by atoms with Crippen molar-refractivity contribution >= 4 is 22.5 Å². The molecule has 5 heterocycles. The van der Waals surface area contributed by atoms with Crippen LogP contribution in [0.5, 0.6) is 0 Å². The largest absolute Gasteiger partial charge is 0.353 e. The maximum Gasteiger partial charge on any atom is 0.158 e. The van der Waals surface area contributed by atoms with Crippen LogP contribution in [0.4, 0.5) is 5.82 Å². The Balaban J connectivity index is 1.68. The number of rotatable bonds is 3. The SMILES string of the molecule is Cc1c(-c2[nH]c3ccc(N4CC(C)N[C@@H](C)C4)nc3c2C(C)C)cn2ncnc2c1C. The molecule has 1 aliphatic rings. The highest BCUT2D eigenvalue weighted by atomic mass is 15.3. The minimum absolute atomic E-state index is 0.332. The van der Waals surface area contributed by atoms with Gasteiger partial charge < -0.3 is 15.2 Å². The lowest BCUT2D eigenvalue weighted by Crippen LogP contribution is -2.54. The normalized spacial score (nSPS) is 19.8. The van der Waals surface area contributed by atoms with Gasteiger partial charge in [-0.15, -0.1) is 0 Å². The highest BCUT2D eigenvalue weighted by Gasteiger charge is 2.24. The van der Waals surface area contributed by atoms with Crippen LogP contribution in [0.2, 0.25) is 0 Å². The van der Waals surface area contributed by atoms with Crippen LogP contribution in [0.25, 0.3) is 27.9 Å². The fraction of sp³-hybridized carbons (Fsp3) is 0.458. The fourth-order valence-electron chi connectivity index (χ4n) is 4.99. The smallest absolute Gasteiger partial charge is 0.158 e. The molecule has 1 saturated heterocycles. The van der Waals surface area contributed by atoms with E-state index in [1.165, 1.54) is 11.1 Å². The van der Waals surface area contributed by atoms with Gasteiger partial charge in [0.1, 0.15) is 12.1 Å². The fourth-order valence-corrected chi connectivity index (χ4v) is 4.99. The molecule has 0 amide bonds. The van der Waals surface area contributed by atoms with Crippen LogP contribution in [-0.4, -0.2) is 49.7 Å². The Bertz CT molecular complexity index is 1260. The Labute approximate surface area is 182 Å². The molecule has 7 heteroatoms. The maximum atomic E-state index is 5.17. The molecule has 31 heavy (non-hydrogen) atoms. The topological polar surface area (TPSA) is 74.1 Å². The number of hydrogen-bond acceptors (Lipinski definition) is 5. The number of fused-ring (bicyclic) bond motifs is 2. The van der Waals surface area contributed by atoms with Gasteiger partial charge in [0, 0.05) is 42.5 Å². The summed E-state index contributed by atoms with van der Waals surface area (Å²) in [4.78, 5) is 15.7. The molecule has 2 atom stereocenters. The van der Waals surface area contributed by atoms with Crippen molar-refractivity contribution in [3.05, 3.63) is 41.3 Å². The second kappa shape index (κ2) is 7.34. The summed E-state index contributed by atoms with van der Waals surface area (Å²) in [6.07, 6.45) is 3.70. The van der Waals surface area contributed by atoms with Crippen molar-refractivity contribution in [2.45, 2.75) is 59.5 Å². The van der Waals surface area contributed by atoms with Crippen molar-refractivity contribution in [1.82, 2.24) is 29.9 Å². The molecule has 5 rings (SSSR count). The van der Waals surface area contributed by atoms with Crippen LogP contribution >= 0.6 is 0 Å². The van der Waals surface area contributed by atoms with Gasteiger partial charge in [0.05, 0.1) is 16.7 Å². The van der Waals surface area contributed by atoms with E-state index in [2.05, 4.69) is 85.2 Å². The Morgan fingerprint density at radius 2 is 1.81 bits per heavy atom. The summed E-state index contributed by atoms with van der Waals surface area (Å²) in [5.41, 5.74) is 8.98. The summed E-state index contributed by atoms with van der Waals surface area (Å²) in [6.45, 7) is 15.2. The molecule has 0 aromatic carbocycles. The number of aromatic amines is 1. The first-order valence-electron chi connectivity index (χ1n) is 11.2. The van der Waals surface area contributed by atoms with Crippen LogP contribution in [0.1, 0.15) is 50.3 Å². The molecule has 162 valence electrons. The molecule has 1 fully saturated rings. The van der Waals surface area contributed by atoms with Gasteiger partial charge in [-0.05, 0) is 56.9 Å². The average Bonchev–Trinajstić information content (AvgIpc) is 3.33. The third-order valence-electron chi connectivity index (χ3n) is 6.52. The van der Waals surface area contributed by atoms with Gasteiger partial charge in [-0.2, -0.15) is 5.10 Å². The first-order valence-corrected chi connectivity index (χ1v) is 11.2. The van der Waals surface area contributed by atoms with Gasteiger partial charge in [0.25, 0.3) is 0 Å². The summed E-state index contributed by atoms with van der Waals surface area (Å²) < 4.78 is 1.87. The van der Waals surface area contributed by atoms with Crippen molar-refractivity contribution in [2.75, 3.05) is 18.0 Å². The minimum atomic E-state index is 0.332. The van der Waals surface area contributed by atoms with Crippen molar-refractivity contribution in [1.29, 1.82) is 0 Å². The second-order valence-electron chi connectivity index (χ2n) is 9.33. The van der Waals surface area contributed by atoms with E-state index in [1.54, 1.807) is 6.33 Å². The second-order valence-corrected chi connectivity index (χ2v) is 9.33. The third kappa shape index (κ3) is 3.28. The monoisotopic (exact) mass is 417 g/mol. The van der Waals surface area contributed by atoms with Gasteiger partial charge >= 0.3 is 0 Å². The minimum Gasteiger partial charge on any atom is -0.353 e. The Morgan fingerprint density at radius 1 is 1.06 bits per heavy atom. The number of pyridine rings is 2.